The lowest BCUT2D eigenvalue weighted by atomic mass is 10.0. The highest BCUT2D eigenvalue weighted by Gasteiger charge is 2.00. The number of nitrogens with two attached hydrogens (primary N) is 1. The highest BCUT2D eigenvalue weighted by molar-refractivity contribution is 5.59. The van der Waals surface area contributed by atoms with Gasteiger partial charge in [0.1, 0.15) is 5.75 Å². The SMILES string of the molecule is Cc1cc(O)c(/C=C/CN)cc1C. The summed E-state index contributed by atoms with van der Waals surface area (Å²) in [4.78, 5) is 0. The minimum absolute atomic E-state index is 0.313. The van der Waals surface area contributed by atoms with Crippen LogP contribution in [0.3, 0.4) is 0 Å². The molecule has 0 aliphatic rings. The summed E-state index contributed by atoms with van der Waals surface area (Å²) < 4.78 is 0. The van der Waals surface area contributed by atoms with E-state index in [0.29, 0.717) is 12.3 Å². The molecule has 0 aromatic heterocycles. The van der Waals surface area contributed by atoms with Gasteiger partial charge in [0.25, 0.3) is 0 Å². The largest absolute Gasteiger partial charge is 0.507 e. The Balaban J connectivity index is 3.08. The van der Waals surface area contributed by atoms with Crippen LogP contribution in [0.15, 0.2) is 18.2 Å². The van der Waals surface area contributed by atoms with Gasteiger partial charge in [-0.1, -0.05) is 12.2 Å². The van der Waals surface area contributed by atoms with Crippen LogP contribution in [0, 0.1) is 13.8 Å². The van der Waals surface area contributed by atoms with Gasteiger partial charge in [0, 0.05) is 12.1 Å². The van der Waals surface area contributed by atoms with Crippen LogP contribution < -0.4 is 5.73 Å². The van der Waals surface area contributed by atoms with Gasteiger partial charge in [-0.25, -0.2) is 0 Å². The molecule has 0 spiro atoms. The van der Waals surface area contributed by atoms with E-state index in [1.165, 1.54) is 5.56 Å². The van der Waals surface area contributed by atoms with Crippen molar-refractivity contribution in [2.75, 3.05) is 6.54 Å². The Hall–Kier alpha value is -1.28. The van der Waals surface area contributed by atoms with Crippen molar-refractivity contribution in [1.29, 1.82) is 0 Å². The molecule has 3 N–H and O–H groups in total. The van der Waals surface area contributed by atoms with Crippen LogP contribution in [-0.2, 0) is 0 Å². The van der Waals surface area contributed by atoms with Crippen molar-refractivity contribution in [1.82, 2.24) is 0 Å². The molecule has 1 aromatic rings. The molecule has 2 heteroatoms. The Bertz CT molecular complexity index is 329. The molecule has 0 aliphatic carbocycles. The molecule has 1 aromatic carbocycles. The molecular weight excluding hydrogens is 162 g/mol. The number of aryl methyl sites for hydroxylation is 2. The van der Waals surface area contributed by atoms with Crippen molar-refractivity contribution < 1.29 is 5.11 Å². The lowest BCUT2D eigenvalue weighted by Crippen LogP contribution is -1.92. The Morgan fingerprint density at radius 3 is 2.54 bits per heavy atom. The van der Waals surface area contributed by atoms with Gasteiger partial charge < -0.3 is 10.8 Å². The zero-order chi connectivity index (χ0) is 9.84. The van der Waals surface area contributed by atoms with Crippen molar-refractivity contribution in [3.63, 3.8) is 0 Å². The Kier molecular flexibility index (Phi) is 3.09. The molecule has 0 unspecified atom stereocenters. The summed E-state index contributed by atoms with van der Waals surface area (Å²) in [5, 5.41) is 9.55. The van der Waals surface area contributed by atoms with Crippen LogP contribution in [0.25, 0.3) is 6.08 Å². The van der Waals surface area contributed by atoms with E-state index in [2.05, 4.69) is 0 Å². The predicted molar refractivity (Wildman–Crippen MR) is 55.7 cm³/mol. The summed E-state index contributed by atoms with van der Waals surface area (Å²) in [6.45, 7) is 4.49. The van der Waals surface area contributed by atoms with Crippen LogP contribution >= 0.6 is 0 Å². The van der Waals surface area contributed by atoms with E-state index >= 15 is 0 Å². The van der Waals surface area contributed by atoms with Gasteiger partial charge >= 0.3 is 0 Å². The van der Waals surface area contributed by atoms with E-state index in [4.69, 9.17) is 5.73 Å². The smallest absolute Gasteiger partial charge is 0.123 e. The van der Waals surface area contributed by atoms with E-state index in [1.54, 1.807) is 6.07 Å². The van der Waals surface area contributed by atoms with Crippen LogP contribution in [-0.4, -0.2) is 11.7 Å². The lowest BCUT2D eigenvalue weighted by Gasteiger charge is -2.04. The number of phenols is 1. The zero-order valence-electron chi connectivity index (χ0n) is 8.04. The summed E-state index contributed by atoms with van der Waals surface area (Å²) in [6.07, 6.45) is 3.66. The average molecular weight is 177 g/mol. The summed E-state index contributed by atoms with van der Waals surface area (Å²) in [7, 11) is 0. The predicted octanol–water partition coefficient (Wildman–Crippen LogP) is 1.98. The van der Waals surface area contributed by atoms with Gasteiger partial charge in [0.05, 0.1) is 0 Å². The van der Waals surface area contributed by atoms with E-state index in [-0.39, 0.29) is 0 Å². The molecule has 13 heavy (non-hydrogen) atoms. The third-order valence-corrected chi connectivity index (χ3v) is 2.08. The van der Waals surface area contributed by atoms with Gasteiger partial charge in [-0.2, -0.15) is 0 Å². The molecule has 70 valence electrons. The topological polar surface area (TPSA) is 46.2 Å². The van der Waals surface area contributed by atoms with E-state index < -0.39 is 0 Å². The molecule has 0 radical (unpaired) electrons. The minimum atomic E-state index is 0.313. The van der Waals surface area contributed by atoms with Gasteiger partial charge in [-0.05, 0) is 37.1 Å². The van der Waals surface area contributed by atoms with Crippen LogP contribution in [0.1, 0.15) is 16.7 Å². The van der Waals surface area contributed by atoms with Crippen molar-refractivity contribution >= 4 is 6.08 Å². The normalized spacial score (nSPS) is 11.0. The van der Waals surface area contributed by atoms with Crippen molar-refractivity contribution in [3.8, 4) is 5.75 Å². The maximum Gasteiger partial charge on any atom is 0.123 e. The molecule has 0 saturated carbocycles. The van der Waals surface area contributed by atoms with Gasteiger partial charge in [-0.15, -0.1) is 0 Å². The lowest BCUT2D eigenvalue weighted by molar-refractivity contribution is 0.473. The first-order chi connectivity index (χ1) is 6.15. The van der Waals surface area contributed by atoms with Crippen LogP contribution in [0.4, 0.5) is 0 Å². The summed E-state index contributed by atoms with van der Waals surface area (Å²) in [5.74, 6) is 0.313. The van der Waals surface area contributed by atoms with Gasteiger partial charge in [-0.3, -0.25) is 0 Å². The van der Waals surface area contributed by atoms with Crippen LogP contribution in [0.5, 0.6) is 5.75 Å². The minimum Gasteiger partial charge on any atom is -0.507 e. The highest BCUT2D eigenvalue weighted by Crippen LogP contribution is 2.22. The third kappa shape index (κ3) is 2.33. The third-order valence-electron chi connectivity index (χ3n) is 2.08. The summed E-state index contributed by atoms with van der Waals surface area (Å²) >= 11 is 0. The average Bonchev–Trinajstić information content (AvgIpc) is 2.09. The molecule has 2 nitrogen and oxygen atoms in total. The van der Waals surface area contributed by atoms with Crippen molar-refractivity contribution in [2.45, 2.75) is 13.8 Å². The van der Waals surface area contributed by atoms with Gasteiger partial charge in [0.15, 0.2) is 0 Å². The molecule has 0 heterocycles. The number of hydrogen-bond acceptors (Lipinski definition) is 2. The first-order valence-electron chi connectivity index (χ1n) is 4.32. The fraction of sp³-hybridized carbons (Fsp3) is 0.273. The molecule has 0 saturated heterocycles. The second kappa shape index (κ2) is 4.10. The molecule has 0 amide bonds. The standard InChI is InChI=1S/C11H15NO/c1-8-6-10(4-3-5-12)11(13)7-9(8)2/h3-4,6-7,13H,5,12H2,1-2H3/b4-3+. The monoisotopic (exact) mass is 177 g/mol. The quantitative estimate of drug-likeness (QED) is 0.725. The Labute approximate surface area is 78.7 Å². The number of phenolic OH excluding ortho intramolecular Hbond substituents is 1. The van der Waals surface area contributed by atoms with Crippen molar-refractivity contribution in [2.24, 2.45) is 5.73 Å². The number of hydrogen-bond donors (Lipinski definition) is 2. The molecular formula is C11H15NO. The molecule has 0 fully saturated rings. The summed E-state index contributed by atoms with van der Waals surface area (Å²) in [6, 6.07) is 3.72. The fourth-order valence-corrected chi connectivity index (χ4v) is 1.15. The molecule has 0 aliphatic heterocycles. The second-order valence-corrected chi connectivity index (χ2v) is 3.13. The maximum atomic E-state index is 9.55. The highest BCUT2D eigenvalue weighted by atomic mass is 16.3. The molecule has 0 atom stereocenters. The first kappa shape index (κ1) is 9.81. The maximum absolute atomic E-state index is 9.55. The zero-order valence-corrected chi connectivity index (χ0v) is 8.04. The number of benzene rings is 1. The Morgan fingerprint density at radius 1 is 1.31 bits per heavy atom. The first-order valence-corrected chi connectivity index (χ1v) is 4.32. The van der Waals surface area contributed by atoms with Crippen molar-refractivity contribution in [3.05, 3.63) is 34.9 Å². The summed E-state index contributed by atoms with van der Waals surface area (Å²) in [5.41, 5.74) is 8.43. The molecule has 1 rings (SSSR count). The second-order valence-electron chi connectivity index (χ2n) is 3.13. The van der Waals surface area contributed by atoms with E-state index in [9.17, 15) is 5.11 Å². The number of rotatable bonds is 2. The Morgan fingerprint density at radius 2 is 1.92 bits per heavy atom. The van der Waals surface area contributed by atoms with E-state index in [0.717, 1.165) is 11.1 Å². The van der Waals surface area contributed by atoms with E-state index in [1.807, 2.05) is 32.1 Å². The number of aromatic hydroxyl groups is 1. The van der Waals surface area contributed by atoms with Crippen LogP contribution in [0.2, 0.25) is 0 Å². The van der Waals surface area contributed by atoms with Gasteiger partial charge in [0.2, 0.25) is 0 Å². The molecule has 0 bridgehead atoms. The fourth-order valence-electron chi connectivity index (χ4n) is 1.15.